The highest BCUT2D eigenvalue weighted by atomic mass is 16.3. The van der Waals surface area contributed by atoms with Crippen LogP contribution in [0, 0.1) is 0 Å². The molecule has 1 aromatic rings. The summed E-state index contributed by atoms with van der Waals surface area (Å²) in [7, 11) is 0. The minimum atomic E-state index is -0.320. The first-order valence-electron chi connectivity index (χ1n) is 6.94. The van der Waals surface area contributed by atoms with Crippen molar-refractivity contribution >= 4 is 5.91 Å². The molecule has 0 aliphatic heterocycles. The lowest BCUT2D eigenvalue weighted by Crippen LogP contribution is -2.31. The lowest BCUT2D eigenvalue weighted by Gasteiger charge is -2.17. The molecule has 2 rings (SSSR count). The van der Waals surface area contributed by atoms with Crippen LogP contribution in [0.4, 0.5) is 0 Å². The van der Waals surface area contributed by atoms with E-state index in [0.29, 0.717) is 0 Å². The van der Waals surface area contributed by atoms with Crippen LogP contribution in [0.1, 0.15) is 43.4 Å². The number of carbonyl (C=O) groups is 1. The van der Waals surface area contributed by atoms with E-state index in [4.69, 9.17) is 0 Å². The first-order valence-corrected chi connectivity index (χ1v) is 6.94. The summed E-state index contributed by atoms with van der Waals surface area (Å²) < 4.78 is 0. The smallest absolute Gasteiger partial charge is 0.247 e. The van der Waals surface area contributed by atoms with Gasteiger partial charge in [-0.15, -0.1) is 0 Å². The van der Waals surface area contributed by atoms with Crippen LogP contribution in [0.5, 0.6) is 0 Å². The Bertz CT molecular complexity index is 462. The van der Waals surface area contributed by atoms with Crippen molar-refractivity contribution < 1.29 is 9.90 Å². The zero-order chi connectivity index (χ0) is 13.7. The van der Waals surface area contributed by atoms with E-state index >= 15 is 0 Å². The van der Waals surface area contributed by atoms with Gasteiger partial charge in [-0.1, -0.05) is 37.3 Å². The number of aliphatic hydroxyl groups is 1. The molecule has 1 amide bonds. The second-order valence-corrected chi connectivity index (χ2v) is 4.93. The molecular weight excluding hydrogens is 238 g/mol. The van der Waals surface area contributed by atoms with Gasteiger partial charge in [0, 0.05) is 5.57 Å². The fraction of sp³-hybridized carbons (Fsp3) is 0.438. The molecule has 0 saturated heterocycles. The molecule has 3 nitrogen and oxygen atoms in total. The van der Waals surface area contributed by atoms with Gasteiger partial charge >= 0.3 is 0 Å². The van der Waals surface area contributed by atoms with Crippen LogP contribution in [0.15, 0.2) is 35.9 Å². The van der Waals surface area contributed by atoms with E-state index in [2.05, 4.69) is 12.2 Å². The molecule has 1 unspecified atom stereocenters. The third-order valence-electron chi connectivity index (χ3n) is 3.61. The first-order chi connectivity index (χ1) is 9.24. The summed E-state index contributed by atoms with van der Waals surface area (Å²) in [6.07, 6.45) is 5.86. The standard InChI is InChI=1S/C16H21NO2/c1-2-12-7-9-13(10-8-12)15(11-18)17-16(19)14-5-3-4-6-14/h5,7-10,15,18H,2-4,6,11H2,1H3,(H,17,19). The average molecular weight is 259 g/mol. The lowest BCUT2D eigenvalue weighted by molar-refractivity contribution is -0.118. The Balaban J connectivity index is 2.04. The highest BCUT2D eigenvalue weighted by Crippen LogP contribution is 2.20. The molecule has 1 aromatic carbocycles. The van der Waals surface area contributed by atoms with E-state index in [1.807, 2.05) is 30.3 Å². The average Bonchev–Trinajstić information content (AvgIpc) is 2.99. The van der Waals surface area contributed by atoms with E-state index in [9.17, 15) is 9.90 Å². The fourth-order valence-electron chi connectivity index (χ4n) is 2.35. The Morgan fingerprint density at radius 2 is 2.11 bits per heavy atom. The van der Waals surface area contributed by atoms with Crippen LogP contribution in [0.3, 0.4) is 0 Å². The molecule has 3 heteroatoms. The third kappa shape index (κ3) is 3.44. The maximum absolute atomic E-state index is 12.0. The molecule has 2 N–H and O–H groups in total. The summed E-state index contributed by atoms with van der Waals surface area (Å²) in [6, 6.07) is 7.71. The summed E-state index contributed by atoms with van der Waals surface area (Å²) in [6.45, 7) is 2.03. The Kier molecular flexibility index (Phi) is 4.74. The topological polar surface area (TPSA) is 49.3 Å². The Hall–Kier alpha value is -1.61. The molecule has 1 aliphatic rings. The maximum Gasteiger partial charge on any atom is 0.247 e. The van der Waals surface area contributed by atoms with Crippen molar-refractivity contribution in [1.82, 2.24) is 5.32 Å². The van der Waals surface area contributed by atoms with Gasteiger partial charge in [-0.05, 0) is 36.8 Å². The summed E-state index contributed by atoms with van der Waals surface area (Å²) in [5, 5.41) is 12.4. The molecule has 1 aliphatic carbocycles. The highest BCUT2D eigenvalue weighted by Gasteiger charge is 2.18. The summed E-state index contributed by atoms with van der Waals surface area (Å²) in [5.74, 6) is -0.0453. The quantitative estimate of drug-likeness (QED) is 0.853. The van der Waals surface area contributed by atoms with Gasteiger partial charge in [-0.25, -0.2) is 0 Å². The molecular formula is C16H21NO2. The molecule has 1 atom stereocenters. The van der Waals surface area contributed by atoms with E-state index in [0.717, 1.165) is 36.8 Å². The maximum atomic E-state index is 12.0. The molecule has 102 valence electrons. The monoisotopic (exact) mass is 259 g/mol. The van der Waals surface area contributed by atoms with Crippen LogP contribution in [-0.4, -0.2) is 17.6 Å². The number of amides is 1. The van der Waals surface area contributed by atoms with Crippen LogP contribution in [0.25, 0.3) is 0 Å². The summed E-state index contributed by atoms with van der Waals surface area (Å²) in [4.78, 5) is 12.0. The molecule has 0 spiro atoms. The van der Waals surface area contributed by atoms with Crippen molar-refractivity contribution in [2.24, 2.45) is 0 Å². The predicted octanol–water partition coefficient (Wildman–Crippen LogP) is 2.51. The second kappa shape index (κ2) is 6.53. The van der Waals surface area contributed by atoms with Gasteiger partial charge in [0.2, 0.25) is 5.91 Å². The van der Waals surface area contributed by atoms with E-state index in [1.54, 1.807) is 0 Å². The van der Waals surface area contributed by atoms with E-state index < -0.39 is 0 Å². The largest absolute Gasteiger partial charge is 0.394 e. The predicted molar refractivity (Wildman–Crippen MR) is 75.7 cm³/mol. The molecule has 0 bridgehead atoms. The van der Waals surface area contributed by atoms with Gasteiger partial charge in [-0.2, -0.15) is 0 Å². The molecule has 0 heterocycles. The molecule has 19 heavy (non-hydrogen) atoms. The van der Waals surface area contributed by atoms with Crippen molar-refractivity contribution in [3.8, 4) is 0 Å². The van der Waals surface area contributed by atoms with E-state index in [1.165, 1.54) is 5.56 Å². The van der Waals surface area contributed by atoms with Crippen LogP contribution in [-0.2, 0) is 11.2 Å². The lowest BCUT2D eigenvalue weighted by atomic mass is 10.0. The number of aryl methyl sites for hydroxylation is 1. The minimum Gasteiger partial charge on any atom is -0.394 e. The number of allylic oxidation sites excluding steroid dienone is 1. The van der Waals surface area contributed by atoms with Crippen LogP contribution >= 0.6 is 0 Å². The van der Waals surface area contributed by atoms with Gasteiger partial charge in [0.05, 0.1) is 12.6 Å². The number of rotatable bonds is 5. The van der Waals surface area contributed by atoms with Crippen molar-refractivity contribution in [2.75, 3.05) is 6.61 Å². The minimum absolute atomic E-state index is 0.0453. The van der Waals surface area contributed by atoms with Crippen molar-refractivity contribution in [2.45, 2.75) is 38.6 Å². The normalized spacial score (nSPS) is 16.0. The summed E-state index contributed by atoms with van der Waals surface area (Å²) in [5.41, 5.74) is 3.06. The number of benzene rings is 1. The van der Waals surface area contributed by atoms with Crippen molar-refractivity contribution in [3.05, 3.63) is 47.0 Å². The zero-order valence-electron chi connectivity index (χ0n) is 11.4. The van der Waals surface area contributed by atoms with Crippen molar-refractivity contribution in [1.29, 1.82) is 0 Å². The molecule has 0 aromatic heterocycles. The second-order valence-electron chi connectivity index (χ2n) is 4.93. The van der Waals surface area contributed by atoms with Crippen LogP contribution in [0.2, 0.25) is 0 Å². The number of carbonyl (C=O) groups excluding carboxylic acids is 1. The van der Waals surface area contributed by atoms with Gasteiger partial charge in [0.25, 0.3) is 0 Å². The Morgan fingerprint density at radius 1 is 1.37 bits per heavy atom. The number of aliphatic hydroxyl groups excluding tert-OH is 1. The zero-order valence-corrected chi connectivity index (χ0v) is 11.4. The third-order valence-corrected chi connectivity index (χ3v) is 3.61. The fourth-order valence-corrected chi connectivity index (χ4v) is 2.35. The SMILES string of the molecule is CCc1ccc(C(CO)NC(=O)C2=CCCC2)cc1. The van der Waals surface area contributed by atoms with Gasteiger partial charge in [-0.3, -0.25) is 4.79 Å². The number of hydrogen-bond donors (Lipinski definition) is 2. The Morgan fingerprint density at radius 3 is 2.63 bits per heavy atom. The summed E-state index contributed by atoms with van der Waals surface area (Å²) >= 11 is 0. The van der Waals surface area contributed by atoms with Gasteiger partial charge < -0.3 is 10.4 Å². The van der Waals surface area contributed by atoms with Gasteiger partial charge in [0.1, 0.15) is 0 Å². The van der Waals surface area contributed by atoms with Gasteiger partial charge in [0.15, 0.2) is 0 Å². The molecule has 0 fully saturated rings. The molecule has 0 saturated carbocycles. The van der Waals surface area contributed by atoms with Crippen molar-refractivity contribution in [3.63, 3.8) is 0 Å². The molecule has 0 radical (unpaired) electrons. The number of nitrogens with one attached hydrogen (secondary N) is 1. The van der Waals surface area contributed by atoms with Crippen LogP contribution < -0.4 is 5.32 Å². The number of hydrogen-bond acceptors (Lipinski definition) is 2. The highest BCUT2D eigenvalue weighted by molar-refractivity contribution is 5.94. The van der Waals surface area contributed by atoms with E-state index in [-0.39, 0.29) is 18.6 Å². The Labute approximate surface area is 114 Å². The first kappa shape index (κ1) is 13.8.